The van der Waals surface area contributed by atoms with Crippen molar-refractivity contribution in [3.8, 4) is 0 Å². The molecule has 0 fully saturated rings. The number of rotatable bonds is 3. The van der Waals surface area contributed by atoms with Gasteiger partial charge in [-0.05, 0) is 43.0 Å². The molecule has 0 bridgehead atoms. The van der Waals surface area contributed by atoms with Crippen molar-refractivity contribution in [3.63, 3.8) is 0 Å². The van der Waals surface area contributed by atoms with Crippen LogP contribution in [-0.2, 0) is 15.8 Å². The van der Waals surface area contributed by atoms with Crippen molar-refractivity contribution < 1.29 is 8.42 Å². The van der Waals surface area contributed by atoms with E-state index >= 15 is 0 Å². The molecule has 6 heteroatoms. The third kappa shape index (κ3) is 2.92. The molecule has 124 valence electrons. The van der Waals surface area contributed by atoms with Gasteiger partial charge in [-0.3, -0.25) is 4.79 Å². The van der Waals surface area contributed by atoms with Crippen LogP contribution >= 0.6 is 0 Å². The molecule has 0 unspecified atom stereocenters. The Morgan fingerprint density at radius 2 is 1.79 bits per heavy atom. The van der Waals surface area contributed by atoms with Gasteiger partial charge in [0.15, 0.2) is 0 Å². The topological polar surface area (TPSA) is 82.2 Å². The summed E-state index contributed by atoms with van der Waals surface area (Å²) in [6.07, 6.45) is 0. The van der Waals surface area contributed by atoms with Crippen LogP contribution in [0, 0.1) is 13.8 Å². The fourth-order valence-electron chi connectivity index (χ4n) is 2.78. The molecule has 0 radical (unpaired) electrons. The van der Waals surface area contributed by atoms with Crippen LogP contribution in [0.25, 0.3) is 10.9 Å². The molecule has 0 spiro atoms. The number of aromatic nitrogens is 1. The molecule has 1 heterocycles. The van der Waals surface area contributed by atoms with Gasteiger partial charge in [-0.2, -0.15) is 0 Å². The van der Waals surface area contributed by atoms with E-state index < -0.39 is 15.6 Å². The number of nitrogens with two attached hydrogens (primary N) is 1. The zero-order valence-corrected chi connectivity index (χ0v) is 14.3. The summed E-state index contributed by atoms with van der Waals surface area (Å²) in [5, 5.41) is 0.661. The second kappa shape index (κ2) is 5.79. The minimum absolute atomic E-state index is 0.248. The molecule has 0 aliphatic carbocycles. The monoisotopic (exact) mass is 342 g/mol. The number of benzene rings is 2. The van der Waals surface area contributed by atoms with Crippen LogP contribution in [0.3, 0.4) is 0 Å². The van der Waals surface area contributed by atoms with Crippen LogP contribution in [-0.4, -0.2) is 12.4 Å². The van der Waals surface area contributed by atoms with Crippen LogP contribution in [0.5, 0.6) is 0 Å². The molecule has 1 aromatic heterocycles. The first-order chi connectivity index (χ1) is 11.3. The molecule has 0 aliphatic heterocycles. The molecule has 0 atom stereocenters. The van der Waals surface area contributed by atoms with E-state index in [1.807, 2.05) is 13.0 Å². The minimum Gasteiger partial charge on any atom is -0.399 e. The fraction of sp³-hybridized carbons (Fsp3) is 0.167. The van der Waals surface area contributed by atoms with Crippen molar-refractivity contribution in [3.05, 3.63) is 75.6 Å². The second-order valence-corrected chi connectivity index (χ2v) is 7.78. The zero-order valence-electron chi connectivity index (χ0n) is 13.5. The summed E-state index contributed by atoms with van der Waals surface area (Å²) in [6.45, 7) is 3.50. The van der Waals surface area contributed by atoms with E-state index in [2.05, 4.69) is 0 Å². The summed E-state index contributed by atoms with van der Waals surface area (Å²) in [7, 11) is -3.88. The maximum atomic E-state index is 12.9. The Kier molecular flexibility index (Phi) is 3.93. The number of nitrogen functional groups attached to an aromatic ring is 1. The Labute approximate surface area is 140 Å². The fourth-order valence-corrected chi connectivity index (χ4v) is 4.36. The van der Waals surface area contributed by atoms with E-state index in [9.17, 15) is 13.2 Å². The molecule has 0 saturated heterocycles. The van der Waals surface area contributed by atoms with E-state index in [0.717, 1.165) is 9.54 Å². The van der Waals surface area contributed by atoms with Gasteiger partial charge in [0, 0.05) is 11.3 Å². The van der Waals surface area contributed by atoms with Crippen molar-refractivity contribution in [1.29, 1.82) is 0 Å². The maximum absolute atomic E-state index is 12.9. The van der Waals surface area contributed by atoms with Crippen molar-refractivity contribution in [2.75, 3.05) is 5.73 Å². The van der Waals surface area contributed by atoms with Crippen LogP contribution < -0.4 is 11.3 Å². The summed E-state index contributed by atoms with van der Waals surface area (Å²) >= 11 is 0. The van der Waals surface area contributed by atoms with Gasteiger partial charge in [0.1, 0.15) is 0 Å². The second-order valence-electron chi connectivity index (χ2n) is 5.96. The molecule has 0 amide bonds. The number of hydrogen-bond acceptors (Lipinski definition) is 4. The maximum Gasteiger partial charge on any atom is 0.267 e. The number of fused-ring (bicyclic) bond motifs is 1. The highest BCUT2D eigenvalue weighted by atomic mass is 32.2. The lowest BCUT2D eigenvalue weighted by Gasteiger charge is -2.13. The Balaban J connectivity index is 2.25. The van der Waals surface area contributed by atoms with Crippen LogP contribution in [0.4, 0.5) is 5.69 Å². The summed E-state index contributed by atoms with van der Waals surface area (Å²) in [5.74, 6) is -0.248. The predicted octanol–water partition coefficient (Wildman–Crippen LogP) is 2.58. The molecule has 5 nitrogen and oxygen atoms in total. The first-order valence-electron chi connectivity index (χ1n) is 7.48. The molecule has 0 aliphatic rings. The van der Waals surface area contributed by atoms with Gasteiger partial charge in [0.25, 0.3) is 5.56 Å². The molecule has 3 aromatic rings. The molecule has 3 rings (SSSR count). The Bertz CT molecular complexity index is 1100. The number of nitrogens with zero attached hydrogens (tertiary/aromatic N) is 1. The van der Waals surface area contributed by atoms with E-state index in [4.69, 9.17) is 5.73 Å². The minimum atomic E-state index is -3.88. The molecular weight excluding hydrogens is 324 g/mol. The number of pyridine rings is 1. The lowest BCUT2D eigenvalue weighted by molar-refractivity contribution is 0.586. The van der Waals surface area contributed by atoms with Crippen molar-refractivity contribution >= 4 is 26.6 Å². The highest BCUT2D eigenvalue weighted by Crippen LogP contribution is 2.20. The summed E-state index contributed by atoms with van der Waals surface area (Å²) < 4.78 is 26.7. The zero-order chi connectivity index (χ0) is 17.5. The largest absolute Gasteiger partial charge is 0.399 e. The SMILES string of the molecule is Cc1cccc(CS(=O)(=O)n2c(=O)c(C)cc3ccc(N)cc32)c1. The van der Waals surface area contributed by atoms with Crippen molar-refractivity contribution in [1.82, 2.24) is 3.97 Å². The van der Waals surface area contributed by atoms with Gasteiger partial charge in [-0.1, -0.05) is 35.9 Å². The lowest BCUT2D eigenvalue weighted by atomic mass is 10.1. The molecule has 0 saturated carbocycles. The smallest absolute Gasteiger partial charge is 0.267 e. The molecule has 24 heavy (non-hydrogen) atoms. The quantitative estimate of drug-likeness (QED) is 0.742. The summed E-state index contributed by atoms with van der Waals surface area (Å²) in [4.78, 5) is 12.5. The van der Waals surface area contributed by atoms with Crippen LogP contribution in [0.1, 0.15) is 16.7 Å². The predicted molar refractivity (Wildman–Crippen MR) is 96.6 cm³/mol. The molecule has 2 aromatic carbocycles. The molecular formula is C18H18N2O3S. The van der Waals surface area contributed by atoms with Crippen molar-refractivity contribution in [2.45, 2.75) is 19.6 Å². The Hall–Kier alpha value is -2.60. The third-order valence-corrected chi connectivity index (χ3v) is 5.49. The van der Waals surface area contributed by atoms with E-state index in [1.54, 1.807) is 43.3 Å². The lowest BCUT2D eigenvalue weighted by Crippen LogP contribution is -2.30. The average molecular weight is 342 g/mol. The van der Waals surface area contributed by atoms with Gasteiger partial charge < -0.3 is 5.73 Å². The summed E-state index contributed by atoms with van der Waals surface area (Å²) in [5.41, 5.74) is 7.94. The highest BCUT2D eigenvalue weighted by molar-refractivity contribution is 7.89. The molecule has 2 N–H and O–H groups in total. The Morgan fingerprint density at radius 1 is 1.04 bits per heavy atom. The normalized spacial score (nSPS) is 11.8. The van der Waals surface area contributed by atoms with Crippen LogP contribution in [0.15, 0.2) is 53.3 Å². The van der Waals surface area contributed by atoms with E-state index in [1.165, 1.54) is 6.07 Å². The van der Waals surface area contributed by atoms with Crippen molar-refractivity contribution in [2.24, 2.45) is 0 Å². The average Bonchev–Trinajstić information content (AvgIpc) is 2.48. The third-order valence-electron chi connectivity index (χ3n) is 3.88. The first-order valence-corrected chi connectivity index (χ1v) is 9.09. The first kappa shape index (κ1) is 16.3. The van der Waals surface area contributed by atoms with Gasteiger partial charge in [-0.25, -0.2) is 12.4 Å². The number of aryl methyl sites for hydroxylation is 2. The standard InChI is InChI=1S/C18H18N2O3S/c1-12-4-3-5-14(8-12)11-24(22,23)20-17-10-16(19)7-6-15(17)9-13(2)18(20)21/h3-10H,11,19H2,1-2H3. The number of hydrogen-bond donors (Lipinski definition) is 1. The highest BCUT2D eigenvalue weighted by Gasteiger charge is 2.20. The van der Waals surface area contributed by atoms with Crippen LogP contribution in [0.2, 0.25) is 0 Å². The Morgan fingerprint density at radius 3 is 2.50 bits per heavy atom. The van der Waals surface area contributed by atoms with Gasteiger partial charge in [-0.15, -0.1) is 0 Å². The number of anilines is 1. The van der Waals surface area contributed by atoms with Gasteiger partial charge in [0.2, 0.25) is 10.0 Å². The van der Waals surface area contributed by atoms with E-state index in [-0.39, 0.29) is 5.75 Å². The van der Waals surface area contributed by atoms with Gasteiger partial charge in [0.05, 0.1) is 11.3 Å². The van der Waals surface area contributed by atoms with E-state index in [0.29, 0.717) is 27.7 Å². The van der Waals surface area contributed by atoms with Gasteiger partial charge >= 0.3 is 0 Å². The summed E-state index contributed by atoms with van der Waals surface area (Å²) in [6, 6.07) is 13.8.